The van der Waals surface area contributed by atoms with Crippen LogP contribution >= 0.6 is 0 Å². The lowest BCUT2D eigenvalue weighted by Gasteiger charge is -2.06. The van der Waals surface area contributed by atoms with Gasteiger partial charge in [0.05, 0.1) is 17.7 Å². The van der Waals surface area contributed by atoms with Gasteiger partial charge in [-0.1, -0.05) is 13.0 Å². The smallest absolute Gasteiger partial charge is 0.274 e. The minimum absolute atomic E-state index is 0.155. The molecular formula is C13H14N2O3. The van der Waals surface area contributed by atoms with E-state index < -0.39 is 0 Å². The number of nitro benzene ring substituents is 1. The molecule has 0 spiro atoms. The maximum atomic E-state index is 10.9. The summed E-state index contributed by atoms with van der Waals surface area (Å²) in [6.07, 6.45) is 2.24. The van der Waals surface area contributed by atoms with Gasteiger partial charge in [0, 0.05) is 17.3 Å². The van der Waals surface area contributed by atoms with Gasteiger partial charge in [0.25, 0.3) is 5.69 Å². The summed E-state index contributed by atoms with van der Waals surface area (Å²) in [5.74, 6) is 0.789. The van der Waals surface area contributed by atoms with Crippen molar-refractivity contribution in [2.24, 2.45) is 0 Å². The van der Waals surface area contributed by atoms with Gasteiger partial charge in [0.2, 0.25) is 0 Å². The molecule has 0 saturated heterocycles. The van der Waals surface area contributed by atoms with Gasteiger partial charge in [-0.15, -0.1) is 0 Å². The molecule has 0 amide bonds. The van der Waals surface area contributed by atoms with Crippen LogP contribution in [0.3, 0.4) is 0 Å². The molecule has 18 heavy (non-hydrogen) atoms. The number of aryl methyl sites for hydroxylation is 1. The van der Waals surface area contributed by atoms with Gasteiger partial charge >= 0.3 is 0 Å². The van der Waals surface area contributed by atoms with E-state index in [1.54, 1.807) is 24.5 Å². The fourth-order valence-corrected chi connectivity index (χ4v) is 1.75. The molecule has 0 aliphatic heterocycles. The number of benzene rings is 1. The van der Waals surface area contributed by atoms with Crippen molar-refractivity contribution >= 4 is 11.4 Å². The molecule has 2 aromatic rings. The molecule has 94 valence electrons. The van der Waals surface area contributed by atoms with Gasteiger partial charge in [-0.3, -0.25) is 10.1 Å². The van der Waals surface area contributed by atoms with Crippen LogP contribution in [0.4, 0.5) is 11.4 Å². The SMILES string of the molecule is CCc1ccc(NCc2ccco2)cc1[N+](=O)[O-]. The van der Waals surface area contributed by atoms with Gasteiger partial charge in [0.1, 0.15) is 5.76 Å². The lowest BCUT2D eigenvalue weighted by Crippen LogP contribution is -2.00. The van der Waals surface area contributed by atoms with Crippen molar-refractivity contribution in [3.05, 3.63) is 58.0 Å². The highest BCUT2D eigenvalue weighted by molar-refractivity contribution is 5.55. The maximum absolute atomic E-state index is 10.9. The van der Waals surface area contributed by atoms with E-state index in [0.717, 1.165) is 17.0 Å². The van der Waals surface area contributed by atoms with E-state index >= 15 is 0 Å². The van der Waals surface area contributed by atoms with Crippen LogP contribution in [-0.2, 0) is 13.0 Å². The highest BCUT2D eigenvalue weighted by atomic mass is 16.6. The normalized spacial score (nSPS) is 10.3. The minimum atomic E-state index is -0.350. The molecule has 1 aromatic carbocycles. The van der Waals surface area contributed by atoms with Crippen molar-refractivity contribution in [2.75, 3.05) is 5.32 Å². The molecular weight excluding hydrogens is 232 g/mol. The van der Waals surface area contributed by atoms with Crippen LogP contribution in [0.1, 0.15) is 18.2 Å². The Morgan fingerprint density at radius 3 is 2.83 bits per heavy atom. The lowest BCUT2D eigenvalue weighted by atomic mass is 10.1. The topological polar surface area (TPSA) is 68.3 Å². The Balaban J connectivity index is 2.14. The minimum Gasteiger partial charge on any atom is -0.467 e. The van der Waals surface area contributed by atoms with Crippen molar-refractivity contribution < 1.29 is 9.34 Å². The Morgan fingerprint density at radius 1 is 1.39 bits per heavy atom. The van der Waals surface area contributed by atoms with Crippen LogP contribution in [-0.4, -0.2) is 4.92 Å². The molecule has 0 aliphatic rings. The quantitative estimate of drug-likeness (QED) is 0.648. The number of hydrogen-bond acceptors (Lipinski definition) is 4. The number of nitrogens with zero attached hydrogens (tertiary/aromatic N) is 1. The van der Waals surface area contributed by atoms with E-state index in [1.807, 2.05) is 19.1 Å². The van der Waals surface area contributed by atoms with Gasteiger partial charge in [-0.05, 0) is 24.6 Å². The Morgan fingerprint density at radius 2 is 2.22 bits per heavy atom. The zero-order chi connectivity index (χ0) is 13.0. The van der Waals surface area contributed by atoms with Gasteiger partial charge in [-0.2, -0.15) is 0 Å². The first kappa shape index (κ1) is 12.2. The number of hydrogen-bond donors (Lipinski definition) is 1. The molecule has 0 aliphatic carbocycles. The number of anilines is 1. The molecule has 1 aromatic heterocycles. The van der Waals surface area contributed by atoms with Gasteiger partial charge in [0.15, 0.2) is 0 Å². The number of nitro groups is 1. The van der Waals surface area contributed by atoms with E-state index in [1.165, 1.54) is 0 Å². The third-order valence-electron chi connectivity index (χ3n) is 2.71. The molecule has 2 rings (SSSR count). The molecule has 5 heteroatoms. The Labute approximate surface area is 105 Å². The fourth-order valence-electron chi connectivity index (χ4n) is 1.75. The standard InChI is InChI=1S/C13H14N2O3/c1-2-10-5-6-11(8-13(10)15(16)17)14-9-12-4-3-7-18-12/h3-8,14H,2,9H2,1H3. The number of furan rings is 1. The van der Waals surface area contributed by atoms with Crippen molar-refractivity contribution in [1.29, 1.82) is 0 Å². The highest BCUT2D eigenvalue weighted by Crippen LogP contribution is 2.24. The van der Waals surface area contributed by atoms with Gasteiger partial charge in [-0.25, -0.2) is 0 Å². The average molecular weight is 246 g/mol. The first-order valence-electron chi connectivity index (χ1n) is 5.74. The van der Waals surface area contributed by atoms with Crippen LogP contribution in [0, 0.1) is 10.1 Å². The summed E-state index contributed by atoms with van der Waals surface area (Å²) in [6.45, 7) is 2.41. The zero-order valence-electron chi connectivity index (χ0n) is 10.1. The first-order valence-corrected chi connectivity index (χ1v) is 5.74. The molecule has 0 saturated carbocycles. The molecule has 0 bridgehead atoms. The van der Waals surface area contributed by atoms with Crippen molar-refractivity contribution in [1.82, 2.24) is 0 Å². The molecule has 0 fully saturated rings. The average Bonchev–Trinajstić information content (AvgIpc) is 2.89. The largest absolute Gasteiger partial charge is 0.467 e. The molecule has 0 atom stereocenters. The zero-order valence-corrected chi connectivity index (χ0v) is 10.1. The fraction of sp³-hybridized carbons (Fsp3) is 0.231. The molecule has 0 unspecified atom stereocenters. The third-order valence-corrected chi connectivity index (χ3v) is 2.71. The third kappa shape index (κ3) is 2.68. The molecule has 5 nitrogen and oxygen atoms in total. The molecule has 0 radical (unpaired) electrons. The molecule has 1 heterocycles. The second kappa shape index (κ2) is 5.35. The Kier molecular flexibility index (Phi) is 3.62. The van der Waals surface area contributed by atoms with Crippen molar-refractivity contribution in [2.45, 2.75) is 19.9 Å². The highest BCUT2D eigenvalue weighted by Gasteiger charge is 2.12. The maximum Gasteiger partial charge on any atom is 0.274 e. The van der Waals surface area contributed by atoms with Crippen LogP contribution in [0.2, 0.25) is 0 Å². The predicted octanol–water partition coefficient (Wildman–Crippen LogP) is 3.36. The van der Waals surface area contributed by atoms with Crippen LogP contribution in [0.5, 0.6) is 0 Å². The Bertz CT molecular complexity index is 535. The summed E-state index contributed by atoms with van der Waals surface area (Å²) in [7, 11) is 0. The van der Waals surface area contributed by atoms with E-state index in [0.29, 0.717) is 13.0 Å². The monoisotopic (exact) mass is 246 g/mol. The lowest BCUT2D eigenvalue weighted by molar-refractivity contribution is -0.385. The van der Waals surface area contributed by atoms with Crippen LogP contribution in [0.25, 0.3) is 0 Å². The van der Waals surface area contributed by atoms with Crippen LogP contribution < -0.4 is 5.32 Å². The summed E-state index contributed by atoms with van der Waals surface area (Å²) in [5.41, 5.74) is 1.61. The summed E-state index contributed by atoms with van der Waals surface area (Å²) in [5, 5.41) is 14.0. The summed E-state index contributed by atoms with van der Waals surface area (Å²) in [6, 6.07) is 8.83. The first-order chi connectivity index (χ1) is 8.70. The second-order valence-corrected chi connectivity index (χ2v) is 3.89. The summed E-state index contributed by atoms with van der Waals surface area (Å²) in [4.78, 5) is 10.6. The Hall–Kier alpha value is -2.30. The van der Waals surface area contributed by atoms with Crippen molar-refractivity contribution in [3.8, 4) is 0 Å². The van der Waals surface area contributed by atoms with E-state index in [9.17, 15) is 10.1 Å². The van der Waals surface area contributed by atoms with E-state index in [4.69, 9.17) is 4.42 Å². The van der Waals surface area contributed by atoms with E-state index in [-0.39, 0.29) is 10.6 Å². The number of rotatable bonds is 5. The summed E-state index contributed by atoms with van der Waals surface area (Å²) < 4.78 is 5.18. The van der Waals surface area contributed by atoms with E-state index in [2.05, 4.69) is 5.32 Å². The molecule has 1 N–H and O–H groups in total. The van der Waals surface area contributed by atoms with Crippen LogP contribution in [0.15, 0.2) is 41.0 Å². The summed E-state index contributed by atoms with van der Waals surface area (Å²) >= 11 is 0. The van der Waals surface area contributed by atoms with Crippen molar-refractivity contribution in [3.63, 3.8) is 0 Å². The second-order valence-electron chi connectivity index (χ2n) is 3.89. The van der Waals surface area contributed by atoms with Gasteiger partial charge < -0.3 is 9.73 Å². The number of nitrogens with one attached hydrogen (secondary N) is 1. The predicted molar refractivity (Wildman–Crippen MR) is 68.5 cm³/mol.